The monoisotopic (exact) mass is 288 g/mol. The first-order valence-electron chi connectivity index (χ1n) is 6.63. The standard InChI is InChI=1S/C16H16O5/c1-3-20-16(19)12-7-4-6-11(15(12)18)14(17)10(2)13-8-5-9-21-13/h4-10,18H,3H2,1-2H3. The summed E-state index contributed by atoms with van der Waals surface area (Å²) < 4.78 is 10.0. The number of rotatable bonds is 5. The molecule has 0 aliphatic carbocycles. The molecule has 5 nitrogen and oxygen atoms in total. The molecular weight excluding hydrogens is 272 g/mol. The van der Waals surface area contributed by atoms with Crippen LogP contribution in [0.2, 0.25) is 0 Å². The molecule has 0 amide bonds. The molecule has 1 unspecified atom stereocenters. The van der Waals surface area contributed by atoms with Crippen LogP contribution in [0.25, 0.3) is 0 Å². The molecule has 0 spiro atoms. The van der Waals surface area contributed by atoms with Crippen molar-refractivity contribution in [2.75, 3.05) is 6.61 Å². The van der Waals surface area contributed by atoms with E-state index in [4.69, 9.17) is 9.15 Å². The van der Waals surface area contributed by atoms with E-state index in [1.165, 1.54) is 24.5 Å². The van der Waals surface area contributed by atoms with Crippen LogP contribution in [0.3, 0.4) is 0 Å². The van der Waals surface area contributed by atoms with Crippen LogP contribution in [0.4, 0.5) is 0 Å². The summed E-state index contributed by atoms with van der Waals surface area (Å²) >= 11 is 0. The summed E-state index contributed by atoms with van der Waals surface area (Å²) in [7, 11) is 0. The number of ether oxygens (including phenoxy) is 1. The van der Waals surface area contributed by atoms with Crippen molar-refractivity contribution in [1.29, 1.82) is 0 Å². The Labute approximate surface area is 122 Å². The maximum absolute atomic E-state index is 12.4. The van der Waals surface area contributed by atoms with Crippen molar-refractivity contribution >= 4 is 11.8 Å². The van der Waals surface area contributed by atoms with Gasteiger partial charge in [-0.25, -0.2) is 4.79 Å². The SMILES string of the molecule is CCOC(=O)c1cccc(C(=O)C(C)c2ccco2)c1O. The van der Waals surface area contributed by atoms with Gasteiger partial charge in [-0.15, -0.1) is 0 Å². The smallest absolute Gasteiger partial charge is 0.341 e. The summed E-state index contributed by atoms with van der Waals surface area (Å²) in [6.45, 7) is 3.54. The van der Waals surface area contributed by atoms with Gasteiger partial charge in [-0.1, -0.05) is 6.07 Å². The van der Waals surface area contributed by atoms with Crippen molar-refractivity contribution in [3.05, 3.63) is 53.5 Å². The average Bonchev–Trinajstić information content (AvgIpc) is 3.00. The van der Waals surface area contributed by atoms with Gasteiger partial charge < -0.3 is 14.3 Å². The van der Waals surface area contributed by atoms with Gasteiger partial charge in [-0.3, -0.25) is 4.79 Å². The number of aromatic hydroxyl groups is 1. The number of Topliss-reactive ketones (excluding diaryl/α,β-unsaturated/α-hetero) is 1. The van der Waals surface area contributed by atoms with Crippen molar-refractivity contribution < 1.29 is 23.8 Å². The van der Waals surface area contributed by atoms with Gasteiger partial charge in [-0.2, -0.15) is 0 Å². The Hall–Kier alpha value is -2.56. The van der Waals surface area contributed by atoms with Gasteiger partial charge in [0, 0.05) is 0 Å². The summed E-state index contributed by atoms with van der Waals surface area (Å²) in [5, 5.41) is 10.2. The number of hydrogen-bond acceptors (Lipinski definition) is 5. The Kier molecular flexibility index (Phi) is 4.42. The van der Waals surface area contributed by atoms with Gasteiger partial charge in [0.2, 0.25) is 0 Å². The van der Waals surface area contributed by atoms with E-state index in [0.717, 1.165) is 0 Å². The van der Waals surface area contributed by atoms with E-state index in [2.05, 4.69) is 0 Å². The third-order valence-electron chi connectivity index (χ3n) is 3.16. The number of benzene rings is 1. The fourth-order valence-electron chi connectivity index (χ4n) is 2.02. The second kappa shape index (κ2) is 6.26. The fraction of sp³-hybridized carbons (Fsp3) is 0.250. The Morgan fingerprint density at radius 1 is 1.24 bits per heavy atom. The summed E-state index contributed by atoms with van der Waals surface area (Å²) in [6, 6.07) is 7.80. The van der Waals surface area contributed by atoms with Crippen LogP contribution < -0.4 is 0 Å². The number of ketones is 1. The summed E-state index contributed by atoms with van der Waals surface area (Å²) in [6.07, 6.45) is 1.48. The number of para-hydroxylation sites is 1. The normalized spacial score (nSPS) is 11.9. The Balaban J connectivity index is 2.34. The molecule has 2 aromatic rings. The van der Waals surface area contributed by atoms with E-state index in [-0.39, 0.29) is 29.3 Å². The molecule has 0 bridgehead atoms. The lowest BCUT2D eigenvalue weighted by molar-refractivity contribution is 0.0523. The molecule has 1 aromatic heterocycles. The van der Waals surface area contributed by atoms with Crippen molar-refractivity contribution in [1.82, 2.24) is 0 Å². The highest BCUT2D eigenvalue weighted by molar-refractivity contribution is 6.05. The number of furan rings is 1. The molecule has 21 heavy (non-hydrogen) atoms. The van der Waals surface area contributed by atoms with Crippen molar-refractivity contribution in [3.63, 3.8) is 0 Å². The van der Waals surface area contributed by atoms with Crippen molar-refractivity contribution in [3.8, 4) is 5.75 Å². The lowest BCUT2D eigenvalue weighted by atomic mass is 9.95. The molecule has 1 N–H and O–H groups in total. The Morgan fingerprint density at radius 2 is 1.95 bits per heavy atom. The van der Waals surface area contributed by atoms with Gasteiger partial charge in [0.25, 0.3) is 0 Å². The minimum absolute atomic E-state index is 0.0191. The zero-order chi connectivity index (χ0) is 15.4. The van der Waals surface area contributed by atoms with Crippen molar-refractivity contribution in [2.45, 2.75) is 19.8 Å². The first kappa shape index (κ1) is 14.8. The second-order valence-electron chi connectivity index (χ2n) is 4.52. The van der Waals surface area contributed by atoms with Crippen LogP contribution in [0.15, 0.2) is 41.0 Å². The van der Waals surface area contributed by atoms with Crippen LogP contribution in [0.5, 0.6) is 5.75 Å². The minimum atomic E-state index is -0.657. The lowest BCUT2D eigenvalue weighted by Crippen LogP contribution is -2.12. The Morgan fingerprint density at radius 3 is 2.57 bits per heavy atom. The van der Waals surface area contributed by atoms with E-state index in [9.17, 15) is 14.7 Å². The number of phenolic OH excluding ortho intramolecular Hbond substituents is 1. The summed E-state index contributed by atoms with van der Waals surface area (Å²) in [4.78, 5) is 24.2. The molecule has 1 heterocycles. The van der Waals surface area contributed by atoms with E-state index >= 15 is 0 Å². The number of carbonyl (C=O) groups is 2. The molecule has 5 heteroatoms. The van der Waals surface area contributed by atoms with E-state index in [0.29, 0.717) is 5.76 Å². The predicted molar refractivity (Wildman–Crippen MR) is 75.5 cm³/mol. The zero-order valence-corrected chi connectivity index (χ0v) is 11.8. The largest absolute Gasteiger partial charge is 0.506 e. The maximum atomic E-state index is 12.4. The number of hydrogen-bond donors (Lipinski definition) is 1. The van der Waals surface area contributed by atoms with Gasteiger partial charge >= 0.3 is 5.97 Å². The van der Waals surface area contributed by atoms with Gasteiger partial charge in [0.1, 0.15) is 17.1 Å². The molecule has 110 valence electrons. The molecule has 1 atom stereocenters. The van der Waals surface area contributed by atoms with Crippen molar-refractivity contribution in [2.24, 2.45) is 0 Å². The Bertz CT molecular complexity index is 643. The highest BCUT2D eigenvalue weighted by atomic mass is 16.5. The molecule has 1 aromatic carbocycles. The fourth-order valence-corrected chi connectivity index (χ4v) is 2.02. The highest BCUT2D eigenvalue weighted by Crippen LogP contribution is 2.29. The molecule has 0 saturated carbocycles. The molecular formula is C16H16O5. The van der Waals surface area contributed by atoms with Crippen LogP contribution in [0.1, 0.15) is 46.2 Å². The lowest BCUT2D eigenvalue weighted by Gasteiger charge is -2.11. The molecule has 0 radical (unpaired) electrons. The topological polar surface area (TPSA) is 76.7 Å². The first-order chi connectivity index (χ1) is 10.1. The zero-order valence-electron chi connectivity index (χ0n) is 11.8. The van der Waals surface area contributed by atoms with Crippen LogP contribution in [-0.2, 0) is 4.74 Å². The van der Waals surface area contributed by atoms with Gasteiger partial charge in [0.05, 0.1) is 24.4 Å². The van der Waals surface area contributed by atoms with Gasteiger partial charge in [0.15, 0.2) is 5.78 Å². The minimum Gasteiger partial charge on any atom is -0.506 e. The summed E-state index contributed by atoms with van der Waals surface area (Å²) in [5.74, 6) is -1.40. The predicted octanol–water partition coefficient (Wildman–Crippen LogP) is 3.15. The van der Waals surface area contributed by atoms with Gasteiger partial charge in [-0.05, 0) is 38.1 Å². The van der Waals surface area contributed by atoms with Crippen LogP contribution >= 0.6 is 0 Å². The average molecular weight is 288 g/mol. The number of carbonyl (C=O) groups excluding carboxylic acids is 2. The third-order valence-corrected chi connectivity index (χ3v) is 3.16. The summed E-state index contributed by atoms with van der Waals surface area (Å²) in [5.41, 5.74) is 0.0544. The number of phenols is 1. The molecule has 0 aliphatic rings. The third kappa shape index (κ3) is 2.97. The maximum Gasteiger partial charge on any atom is 0.341 e. The molecule has 0 fully saturated rings. The van der Waals surface area contributed by atoms with Crippen LogP contribution in [-0.4, -0.2) is 23.5 Å². The van der Waals surface area contributed by atoms with E-state index in [1.807, 2.05) is 0 Å². The van der Waals surface area contributed by atoms with E-state index in [1.54, 1.807) is 26.0 Å². The molecule has 0 saturated heterocycles. The first-order valence-corrected chi connectivity index (χ1v) is 6.63. The highest BCUT2D eigenvalue weighted by Gasteiger charge is 2.25. The number of esters is 1. The molecule has 2 rings (SSSR count). The van der Waals surface area contributed by atoms with Crippen LogP contribution in [0, 0.1) is 0 Å². The van der Waals surface area contributed by atoms with E-state index < -0.39 is 11.9 Å². The second-order valence-corrected chi connectivity index (χ2v) is 4.52. The quantitative estimate of drug-likeness (QED) is 0.675. The molecule has 0 aliphatic heterocycles.